The first kappa shape index (κ1) is 16.3. The lowest BCUT2D eigenvalue weighted by atomic mass is 9.71. The lowest BCUT2D eigenvalue weighted by Crippen LogP contribution is -2.47. The van der Waals surface area contributed by atoms with Crippen molar-refractivity contribution < 1.29 is 15.0 Å². The van der Waals surface area contributed by atoms with E-state index in [1.807, 2.05) is 24.3 Å². The third-order valence-electron chi connectivity index (χ3n) is 5.91. The van der Waals surface area contributed by atoms with Crippen molar-refractivity contribution in [2.24, 2.45) is 5.92 Å². The van der Waals surface area contributed by atoms with Crippen LogP contribution in [0.4, 0.5) is 0 Å². The van der Waals surface area contributed by atoms with Crippen LogP contribution in [0.15, 0.2) is 54.6 Å². The second-order valence-corrected chi connectivity index (χ2v) is 7.21. The Kier molecular flexibility index (Phi) is 4.10. The summed E-state index contributed by atoms with van der Waals surface area (Å²) >= 11 is 0. The van der Waals surface area contributed by atoms with Crippen LogP contribution in [0, 0.1) is 5.92 Å². The number of benzene rings is 2. The van der Waals surface area contributed by atoms with Gasteiger partial charge in [-0.05, 0) is 48.9 Å². The van der Waals surface area contributed by atoms with Crippen LogP contribution in [0.2, 0.25) is 0 Å². The number of hydrogen-bond donors (Lipinski definition) is 2. The molecule has 0 spiro atoms. The number of piperidine rings is 3. The Morgan fingerprint density at radius 2 is 1.64 bits per heavy atom. The van der Waals surface area contributed by atoms with Gasteiger partial charge in [0.05, 0.1) is 0 Å². The molecule has 0 saturated carbocycles. The van der Waals surface area contributed by atoms with Gasteiger partial charge in [0.25, 0.3) is 0 Å². The second-order valence-electron chi connectivity index (χ2n) is 7.21. The number of aliphatic carboxylic acids is 1. The summed E-state index contributed by atoms with van der Waals surface area (Å²) in [5.74, 6) is -0.374. The molecule has 0 radical (unpaired) electrons. The molecule has 2 unspecified atom stereocenters. The van der Waals surface area contributed by atoms with Crippen LogP contribution in [-0.2, 0) is 10.4 Å². The summed E-state index contributed by atoms with van der Waals surface area (Å²) in [6.07, 6.45) is 2.30. The van der Waals surface area contributed by atoms with E-state index in [0.29, 0.717) is 17.0 Å². The minimum atomic E-state index is -2.02. The van der Waals surface area contributed by atoms with Gasteiger partial charge in [-0.15, -0.1) is 0 Å². The molecule has 2 aromatic carbocycles. The molecule has 3 aliphatic rings. The van der Waals surface area contributed by atoms with E-state index >= 15 is 0 Å². The summed E-state index contributed by atoms with van der Waals surface area (Å²) in [4.78, 5) is 14.6. The predicted molar refractivity (Wildman–Crippen MR) is 95.4 cm³/mol. The highest BCUT2D eigenvalue weighted by molar-refractivity contribution is 5.84. The van der Waals surface area contributed by atoms with Crippen molar-refractivity contribution >= 4 is 5.97 Å². The van der Waals surface area contributed by atoms with Crippen molar-refractivity contribution in [2.75, 3.05) is 19.6 Å². The lowest BCUT2D eigenvalue weighted by Gasteiger charge is -2.46. The van der Waals surface area contributed by atoms with Crippen molar-refractivity contribution in [1.82, 2.24) is 4.90 Å². The third kappa shape index (κ3) is 2.66. The van der Waals surface area contributed by atoms with Gasteiger partial charge in [-0.1, -0.05) is 54.6 Å². The minimum absolute atomic E-state index is 0.285. The van der Waals surface area contributed by atoms with Crippen molar-refractivity contribution in [3.05, 3.63) is 71.3 Å². The number of fused-ring (bicyclic) bond motifs is 3. The molecule has 0 aromatic heterocycles. The van der Waals surface area contributed by atoms with E-state index in [9.17, 15) is 15.0 Å². The molecule has 0 aliphatic carbocycles. The monoisotopic (exact) mass is 337 g/mol. The molecular weight excluding hydrogens is 314 g/mol. The highest BCUT2D eigenvalue weighted by Crippen LogP contribution is 2.43. The van der Waals surface area contributed by atoms with Crippen LogP contribution < -0.4 is 0 Å². The lowest BCUT2D eigenvalue weighted by molar-refractivity contribution is -0.155. The summed E-state index contributed by atoms with van der Waals surface area (Å²) < 4.78 is 0. The maximum absolute atomic E-state index is 12.2. The van der Waals surface area contributed by atoms with Crippen LogP contribution in [0.3, 0.4) is 0 Å². The second kappa shape index (κ2) is 6.28. The highest BCUT2D eigenvalue weighted by atomic mass is 16.4. The number of rotatable bonds is 4. The highest BCUT2D eigenvalue weighted by Gasteiger charge is 2.44. The summed E-state index contributed by atoms with van der Waals surface area (Å²) in [5.41, 5.74) is -0.140. The molecule has 130 valence electrons. The first-order valence-corrected chi connectivity index (χ1v) is 8.93. The van der Waals surface area contributed by atoms with Gasteiger partial charge in [0.15, 0.2) is 0 Å². The summed E-state index contributed by atoms with van der Waals surface area (Å²) in [7, 11) is 0. The van der Waals surface area contributed by atoms with Crippen LogP contribution in [-0.4, -0.2) is 40.7 Å². The van der Waals surface area contributed by atoms with E-state index in [4.69, 9.17) is 0 Å². The summed E-state index contributed by atoms with van der Waals surface area (Å²) in [6.45, 7) is 3.21. The molecule has 4 heteroatoms. The van der Waals surface area contributed by atoms with Gasteiger partial charge >= 0.3 is 5.97 Å². The van der Waals surface area contributed by atoms with Crippen LogP contribution >= 0.6 is 0 Å². The van der Waals surface area contributed by atoms with Gasteiger partial charge in [0.1, 0.15) is 0 Å². The number of carboxylic acid groups (broad SMARTS) is 1. The van der Waals surface area contributed by atoms with E-state index < -0.39 is 11.6 Å². The largest absolute Gasteiger partial charge is 0.479 e. The van der Waals surface area contributed by atoms with E-state index in [0.717, 1.165) is 38.0 Å². The maximum Gasteiger partial charge on any atom is 0.345 e. The summed E-state index contributed by atoms with van der Waals surface area (Å²) in [5, 5.41) is 21.2. The van der Waals surface area contributed by atoms with Crippen molar-refractivity contribution in [2.45, 2.75) is 24.4 Å². The van der Waals surface area contributed by atoms with Gasteiger partial charge in [-0.3, -0.25) is 0 Å². The number of carbonyl (C=O) groups is 1. The fourth-order valence-corrected chi connectivity index (χ4v) is 4.54. The van der Waals surface area contributed by atoms with Gasteiger partial charge < -0.3 is 15.1 Å². The zero-order valence-corrected chi connectivity index (χ0v) is 14.1. The molecule has 2 N–H and O–H groups in total. The molecule has 3 saturated heterocycles. The zero-order chi connectivity index (χ0) is 17.4. The van der Waals surface area contributed by atoms with E-state index in [1.54, 1.807) is 30.3 Å². The van der Waals surface area contributed by atoms with Gasteiger partial charge in [0.2, 0.25) is 5.60 Å². The van der Waals surface area contributed by atoms with Gasteiger partial charge in [0, 0.05) is 12.1 Å². The molecule has 2 aromatic rings. The molecular formula is C21H23NO3. The van der Waals surface area contributed by atoms with E-state index in [2.05, 4.69) is 4.90 Å². The fourth-order valence-electron chi connectivity index (χ4n) is 4.54. The van der Waals surface area contributed by atoms with E-state index in [-0.39, 0.29) is 5.92 Å². The Hall–Kier alpha value is -2.17. The Labute approximate surface area is 147 Å². The Morgan fingerprint density at radius 3 is 2.24 bits per heavy atom. The average Bonchev–Trinajstić information content (AvgIpc) is 2.68. The Balaban J connectivity index is 1.83. The molecule has 2 bridgehead atoms. The van der Waals surface area contributed by atoms with Gasteiger partial charge in [-0.25, -0.2) is 4.79 Å². The van der Waals surface area contributed by atoms with Crippen molar-refractivity contribution in [3.8, 4) is 0 Å². The first-order chi connectivity index (χ1) is 12.1. The van der Waals surface area contributed by atoms with Crippen LogP contribution in [0.1, 0.15) is 35.4 Å². The normalized spacial score (nSPS) is 27.6. The molecule has 5 rings (SSSR count). The number of hydrogen-bond acceptors (Lipinski definition) is 3. The fraction of sp³-hybridized carbons (Fsp3) is 0.381. The van der Waals surface area contributed by atoms with Crippen molar-refractivity contribution in [3.63, 3.8) is 0 Å². The SMILES string of the molecule is O=C(O)C(O)(c1ccccc1)c1ccccc1C1CN2CCC1CC2. The number of nitrogens with zero attached hydrogens (tertiary/aromatic N) is 1. The molecule has 3 heterocycles. The number of carboxylic acids is 1. The third-order valence-corrected chi connectivity index (χ3v) is 5.91. The van der Waals surface area contributed by atoms with E-state index in [1.165, 1.54) is 0 Å². The average molecular weight is 337 g/mol. The summed E-state index contributed by atoms with van der Waals surface area (Å²) in [6, 6.07) is 16.3. The quantitative estimate of drug-likeness (QED) is 0.901. The molecule has 2 atom stereocenters. The van der Waals surface area contributed by atoms with Crippen molar-refractivity contribution in [1.29, 1.82) is 0 Å². The molecule has 4 nitrogen and oxygen atoms in total. The standard InChI is InChI=1S/C21H23NO3/c23-20(24)21(25,16-6-2-1-3-7-16)19-9-5-4-8-17(19)18-14-22-12-10-15(18)11-13-22/h1-9,15,18,25H,10-14H2,(H,23,24). The van der Waals surface area contributed by atoms with Gasteiger partial charge in [-0.2, -0.15) is 0 Å². The molecule has 25 heavy (non-hydrogen) atoms. The predicted octanol–water partition coefficient (Wildman–Crippen LogP) is 2.82. The van der Waals surface area contributed by atoms with Crippen LogP contribution in [0.25, 0.3) is 0 Å². The maximum atomic E-state index is 12.2. The van der Waals surface area contributed by atoms with Crippen LogP contribution in [0.5, 0.6) is 0 Å². The topological polar surface area (TPSA) is 60.8 Å². The molecule has 3 fully saturated rings. The zero-order valence-electron chi connectivity index (χ0n) is 14.1. The smallest absolute Gasteiger partial charge is 0.345 e. The Morgan fingerprint density at radius 1 is 1.00 bits per heavy atom. The molecule has 0 amide bonds. The molecule has 3 aliphatic heterocycles. The Bertz CT molecular complexity index is 768. The minimum Gasteiger partial charge on any atom is -0.479 e. The number of aliphatic hydroxyl groups is 1. The first-order valence-electron chi connectivity index (χ1n) is 8.93.